The highest BCUT2D eigenvalue weighted by Crippen LogP contribution is 1.99. The van der Waals surface area contributed by atoms with Gasteiger partial charge >= 0.3 is 0 Å². The van der Waals surface area contributed by atoms with E-state index >= 15 is 0 Å². The summed E-state index contributed by atoms with van der Waals surface area (Å²) < 4.78 is 0. The fraction of sp³-hybridized carbons (Fsp3) is 0.400. The summed E-state index contributed by atoms with van der Waals surface area (Å²) in [6, 6.07) is 0. The second-order valence-electron chi connectivity index (χ2n) is 1.31. The highest BCUT2D eigenvalue weighted by atomic mass is 32.2. The zero-order chi connectivity index (χ0) is 4.99. The Labute approximate surface area is 43.6 Å². The molecule has 6 heavy (non-hydrogen) atoms. The van der Waals surface area contributed by atoms with Gasteiger partial charge in [-0.25, -0.2) is 0 Å². The van der Waals surface area contributed by atoms with E-state index in [4.69, 9.17) is 0 Å². The van der Waals surface area contributed by atoms with E-state index in [9.17, 15) is 0 Å². The zero-order valence-electron chi connectivity index (χ0n) is 4.03. The minimum atomic E-state index is 0.986. The van der Waals surface area contributed by atoms with Crippen LogP contribution in [0.3, 0.4) is 0 Å². The lowest BCUT2D eigenvalue weighted by atomic mass is 10.4. The summed E-state index contributed by atoms with van der Waals surface area (Å²) in [6.07, 6.45) is 3.58. The lowest BCUT2D eigenvalue weighted by molar-refractivity contribution is 1.44. The van der Waals surface area contributed by atoms with Crippen molar-refractivity contribution >= 4 is 11.8 Å². The Balaban J connectivity index is 2.83. The van der Waals surface area contributed by atoms with E-state index in [2.05, 4.69) is 12.8 Å². The van der Waals surface area contributed by atoms with Crippen molar-refractivity contribution in [3.63, 3.8) is 0 Å². The predicted molar refractivity (Wildman–Crippen MR) is 32.6 cm³/mol. The normalized spacial score (nSPS) is 8.17. The van der Waals surface area contributed by atoms with Gasteiger partial charge < -0.3 is 0 Å². The summed E-state index contributed by atoms with van der Waals surface area (Å²) in [4.78, 5) is 0. The first kappa shape index (κ1) is 5.96. The van der Waals surface area contributed by atoms with Crippen LogP contribution in [0.1, 0.15) is 6.92 Å². The second kappa shape index (κ2) is 3.16. The highest BCUT2D eigenvalue weighted by Gasteiger charge is 1.83. The van der Waals surface area contributed by atoms with Crippen LogP contribution in [0.4, 0.5) is 0 Å². The summed E-state index contributed by atoms with van der Waals surface area (Å²) in [5, 5.41) is 0. The van der Waals surface area contributed by atoms with Gasteiger partial charge in [0.05, 0.1) is 17.5 Å². The third-order valence-electron chi connectivity index (χ3n) is 0.348. The number of rotatable bonds is 2. The lowest BCUT2D eigenvalue weighted by Crippen LogP contribution is -1.71. The Hall–Kier alpha value is -0.0400. The maximum Gasteiger partial charge on any atom is 0.128 e. The van der Waals surface area contributed by atoms with Crippen molar-refractivity contribution in [2.75, 3.05) is 5.75 Å². The van der Waals surface area contributed by atoms with E-state index in [1.165, 1.54) is 5.57 Å². The van der Waals surface area contributed by atoms with E-state index in [1.54, 1.807) is 11.8 Å². The van der Waals surface area contributed by atoms with Crippen LogP contribution in [0.15, 0.2) is 12.2 Å². The highest BCUT2D eigenvalue weighted by molar-refractivity contribution is 8.00. The van der Waals surface area contributed by atoms with Gasteiger partial charge in [-0.1, -0.05) is 12.2 Å². The topological polar surface area (TPSA) is 0 Å². The molecule has 0 heterocycles. The first-order chi connectivity index (χ1) is 2.77. The van der Waals surface area contributed by atoms with Crippen molar-refractivity contribution in [3.8, 4) is 0 Å². The van der Waals surface area contributed by atoms with Crippen molar-refractivity contribution in [2.45, 2.75) is 6.92 Å². The molecule has 0 spiro atoms. The third-order valence-corrected chi connectivity index (χ3v) is 1.05. The van der Waals surface area contributed by atoms with Gasteiger partial charge in [-0.15, -0.1) is 0 Å². The van der Waals surface area contributed by atoms with Crippen LogP contribution >= 0.6 is 11.8 Å². The predicted octanol–water partition coefficient (Wildman–Crippen LogP) is 2.09. The Morgan fingerprint density at radius 1 is 2.00 bits per heavy atom. The molecule has 0 aliphatic heterocycles. The van der Waals surface area contributed by atoms with Crippen LogP contribution in [-0.2, 0) is 0 Å². The molecule has 0 unspecified atom stereocenters. The maximum absolute atomic E-state index is 3.68. The van der Waals surface area contributed by atoms with Gasteiger partial charge in [0.15, 0.2) is 0 Å². The maximum atomic E-state index is 3.68. The Bertz CT molecular complexity index is 47.9. The summed E-state index contributed by atoms with van der Waals surface area (Å²) in [5.74, 6) is 0.986. The van der Waals surface area contributed by atoms with E-state index in [0.29, 0.717) is 0 Å². The second-order valence-corrected chi connectivity index (χ2v) is 2.00. The van der Waals surface area contributed by atoms with Gasteiger partial charge in [0, 0.05) is 0 Å². The molecule has 0 aromatic carbocycles. The monoisotopic (exact) mass is 101 g/mol. The number of hydrogen-bond acceptors (Lipinski definition) is 1. The lowest BCUT2D eigenvalue weighted by Gasteiger charge is -1.81. The van der Waals surface area contributed by atoms with Gasteiger partial charge in [-0.2, -0.15) is 0 Å². The van der Waals surface area contributed by atoms with Crippen molar-refractivity contribution in [2.24, 2.45) is 0 Å². The van der Waals surface area contributed by atoms with E-state index in [1.807, 2.05) is 6.92 Å². The van der Waals surface area contributed by atoms with E-state index < -0.39 is 0 Å². The molecule has 0 aliphatic rings. The Kier molecular flexibility index (Phi) is 3.14. The smallest absolute Gasteiger partial charge is 0.0992 e. The average molecular weight is 101 g/mol. The van der Waals surface area contributed by atoms with Crippen molar-refractivity contribution in [3.05, 3.63) is 18.4 Å². The van der Waals surface area contributed by atoms with Crippen molar-refractivity contribution in [1.82, 2.24) is 0 Å². The van der Waals surface area contributed by atoms with Crippen LogP contribution in [0.5, 0.6) is 0 Å². The average Bonchev–Trinajstić information content (AvgIpc) is 1.35. The van der Waals surface area contributed by atoms with Gasteiger partial charge in [-0.3, -0.25) is 0 Å². The molecule has 0 rings (SSSR count). The van der Waals surface area contributed by atoms with E-state index in [-0.39, 0.29) is 0 Å². The van der Waals surface area contributed by atoms with Gasteiger partial charge in [0.1, 0.15) is 6.26 Å². The molecule has 0 aromatic rings. The first-order valence-electron chi connectivity index (χ1n) is 1.78. The summed E-state index contributed by atoms with van der Waals surface area (Å²) in [6.45, 7) is 5.68. The molecule has 34 valence electrons. The van der Waals surface area contributed by atoms with Crippen LogP contribution in [0, 0.1) is 6.26 Å². The molecule has 0 saturated carbocycles. The largest absolute Gasteiger partial charge is 0.128 e. The third kappa shape index (κ3) is 3.96. The van der Waals surface area contributed by atoms with Crippen LogP contribution in [0.2, 0.25) is 0 Å². The molecule has 1 heteroatoms. The molecule has 0 saturated heterocycles. The van der Waals surface area contributed by atoms with Crippen LogP contribution in [0.25, 0.3) is 0 Å². The number of hydrogen-bond donors (Lipinski definition) is 0. The zero-order valence-corrected chi connectivity index (χ0v) is 4.85. The molecule has 0 bridgehead atoms. The SMILES string of the molecule is C=C(C)CS[CH2+]. The Morgan fingerprint density at radius 2 is 2.50 bits per heavy atom. The van der Waals surface area contributed by atoms with Crippen molar-refractivity contribution < 1.29 is 0 Å². The molecule has 0 radical (unpaired) electrons. The summed E-state index contributed by atoms with van der Waals surface area (Å²) in [5.41, 5.74) is 1.19. The van der Waals surface area contributed by atoms with Gasteiger partial charge in [0.2, 0.25) is 0 Å². The van der Waals surface area contributed by atoms with Crippen LogP contribution < -0.4 is 0 Å². The standard InChI is InChI=1S/C5H9S/c1-5(2)4-6-3/h1,3-4H2,2H3/q+1. The van der Waals surface area contributed by atoms with Gasteiger partial charge in [0.25, 0.3) is 0 Å². The molecular weight excluding hydrogens is 92.1 g/mol. The van der Waals surface area contributed by atoms with Crippen molar-refractivity contribution in [1.29, 1.82) is 0 Å². The molecule has 0 amide bonds. The molecule has 0 fully saturated rings. The molecule has 0 aromatic heterocycles. The Morgan fingerprint density at radius 3 is 2.50 bits per heavy atom. The summed E-state index contributed by atoms with van der Waals surface area (Å²) >= 11 is 1.56. The fourth-order valence-electron chi connectivity index (χ4n) is 0.174. The molecule has 0 aliphatic carbocycles. The molecule has 0 nitrogen and oxygen atoms in total. The molecular formula is C5H9S+. The molecule has 0 N–H and O–H groups in total. The van der Waals surface area contributed by atoms with Gasteiger partial charge in [-0.05, 0) is 6.92 Å². The number of thioether (sulfide) groups is 1. The fourth-order valence-corrected chi connectivity index (χ4v) is 0.523. The van der Waals surface area contributed by atoms with E-state index in [0.717, 1.165) is 5.75 Å². The quantitative estimate of drug-likeness (QED) is 0.379. The minimum Gasteiger partial charge on any atom is -0.0992 e. The summed E-state index contributed by atoms with van der Waals surface area (Å²) in [7, 11) is 0. The minimum absolute atomic E-state index is 0.986. The molecule has 0 atom stereocenters. The van der Waals surface area contributed by atoms with Crippen LogP contribution in [-0.4, -0.2) is 5.75 Å². The first-order valence-corrected chi connectivity index (χ1v) is 2.94.